The molecule has 0 aliphatic carbocycles. The van der Waals surface area contributed by atoms with Gasteiger partial charge in [0.25, 0.3) is 0 Å². The van der Waals surface area contributed by atoms with Crippen molar-refractivity contribution in [3.8, 4) is 11.5 Å². The quantitative estimate of drug-likeness (QED) is 0.603. The second kappa shape index (κ2) is 9.30. The summed E-state index contributed by atoms with van der Waals surface area (Å²) < 4.78 is 53.6. The van der Waals surface area contributed by atoms with Crippen LogP contribution >= 0.6 is 0 Å². The minimum absolute atomic E-state index is 0.152. The van der Waals surface area contributed by atoms with E-state index >= 15 is 0 Å². The number of halogens is 3. The first-order chi connectivity index (χ1) is 12.7. The smallest absolute Gasteiger partial charge is 0.416 e. The van der Waals surface area contributed by atoms with Gasteiger partial charge in [0.1, 0.15) is 18.1 Å². The fourth-order valence-corrected chi connectivity index (χ4v) is 2.16. The third kappa shape index (κ3) is 7.21. The van der Waals surface area contributed by atoms with Gasteiger partial charge >= 0.3 is 12.1 Å². The number of rotatable bonds is 8. The Hall–Kier alpha value is -2.70. The monoisotopic (exact) mass is 382 g/mol. The molecule has 0 heterocycles. The lowest BCUT2D eigenvalue weighted by atomic mass is 10.1. The molecule has 146 valence electrons. The zero-order valence-corrected chi connectivity index (χ0v) is 15.1. The van der Waals surface area contributed by atoms with Crippen LogP contribution in [0.2, 0.25) is 0 Å². The number of alkyl halides is 3. The Labute approximate surface area is 155 Å². The standard InChI is InChI=1S/C20H21F3O4/c1-14(2)27-19(24)11-12-25-17-7-9-18(10-8-17)26-13-15-3-5-16(6-4-15)20(21,22)23/h3-10,14H,11-13H2,1-2H3. The predicted octanol–water partition coefficient (Wildman–Crippen LogP) is 5.00. The summed E-state index contributed by atoms with van der Waals surface area (Å²) in [6.45, 7) is 3.92. The third-order valence-corrected chi connectivity index (χ3v) is 3.45. The van der Waals surface area contributed by atoms with Gasteiger partial charge in [-0.05, 0) is 55.8 Å². The largest absolute Gasteiger partial charge is 0.493 e. The van der Waals surface area contributed by atoms with Gasteiger partial charge in [-0.25, -0.2) is 0 Å². The molecule has 7 heteroatoms. The molecule has 2 aromatic carbocycles. The Morgan fingerprint density at radius 3 is 2.00 bits per heavy atom. The summed E-state index contributed by atoms with van der Waals surface area (Å²) in [6, 6.07) is 11.6. The molecule has 0 bridgehead atoms. The van der Waals surface area contributed by atoms with Gasteiger partial charge in [0.2, 0.25) is 0 Å². The van der Waals surface area contributed by atoms with Crippen LogP contribution in [-0.4, -0.2) is 18.7 Å². The number of benzene rings is 2. The van der Waals surface area contributed by atoms with Gasteiger partial charge in [0, 0.05) is 0 Å². The SMILES string of the molecule is CC(C)OC(=O)CCOc1ccc(OCc2ccc(C(F)(F)F)cc2)cc1. The third-order valence-electron chi connectivity index (χ3n) is 3.45. The van der Waals surface area contributed by atoms with Crippen LogP contribution in [0, 0.1) is 0 Å². The molecule has 0 fully saturated rings. The highest BCUT2D eigenvalue weighted by molar-refractivity contribution is 5.69. The van der Waals surface area contributed by atoms with Crippen LogP contribution in [0.4, 0.5) is 13.2 Å². The second-order valence-corrected chi connectivity index (χ2v) is 6.09. The topological polar surface area (TPSA) is 44.8 Å². The molecule has 2 rings (SSSR count). The van der Waals surface area contributed by atoms with Crippen LogP contribution in [-0.2, 0) is 22.3 Å². The Kier molecular flexibility index (Phi) is 7.10. The van der Waals surface area contributed by atoms with E-state index in [1.165, 1.54) is 12.1 Å². The molecule has 0 unspecified atom stereocenters. The minimum atomic E-state index is -4.35. The summed E-state index contributed by atoms with van der Waals surface area (Å²) in [6.07, 6.45) is -4.34. The van der Waals surface area contributed by atoms with Crippen LogP contribution in [0.3, 0.4) is 0 Å². The highest BCUT2D eigenvalue weighted by Crippen LogP contribution is 2.29. The summed E-state index contributed by atoms with van der Waals surface area (Å²) in [5.41, 5.74) is -0.0583. The first kappa shape index (κ1) is 20.6. The fraction of sp³-hybridized carbons (Fsp3) is 0.350. The van der Waals surface area contributed by atoms with Crippen molar-refractivity contribution in [1.82, 2.24) is 0 Å². The number of esters is 1. The van der Waals surface area contributed by atoms with E-state index in [1.54, 1.807) is 38.1 Å². The van der Waals surface area contributed by atoms with Gasteiger partial charge in [-0.2, -0.15) is 13.2 Å². The molecule has 0 aliphatic heterocycles. The average Bonchev–Trinajstić information content (AvgIpc) is 2.60. The molecule has 0 atom stereocenters. The lowest BCUT2D eigenvalue weighted by Gasteiger charge is -2.11. The van der Waals surface area contributed by atoms with Crippen LogP contribution in [0.1, 0.15) is 31.4 Å². The van der Waals surface area contributed by atoms with Crippen LogP contribution in [0.15, 0.2) is 48.5 Å². The van der Waals surface area contributed by atoms with E-state index in [0.717, 1.165) is 12.1 Å². The lowest BCUT2D eigenvalue weighted by Crippen LogP contribution is -2.14. The Bertz CT molecular complexity index is 722. The second-order valence-electron chi connectivity index (χ2n) is 6.09. The Morgan fingerprint density at radius 2 is 1.48 bits per heavy atom. The molecule has 4 nitrogen and oxygen atoms in total. The van der Waals surface area contributed by atoms with Gasteiger partial charge < -0.3 is 14.2 Å². The number of carbonyl (C=O) groups excluding carboxylic acids is 1. The van der Waals surface area contributed by atoms with Gasteiger partial charge in [0.05, 0.1) is 24.7 Å². The number of hydrogen-bond donors (Lipinski definition) is 0. The van der Waals surface area contributed by atoms with E-state index in [-0.39, 0.29) is 31.7 Å². The van der Waals surface area contributed by atoms with Crippen molar-refractivity contribution >= 4 is 5.97 Å². The summed E-state index contributed by atoms with van der Waals surface area (Å²) in [5, 5.41) is 0. The van der Waals surface area contributed by atoms with Gasteiger partial charge in [0.15, 0.2) is 0 Å². The maximum absolute atomic E-state index is 12.5. The van der Waals surface area contributed by atoms with Crippen molar-refractivity contribution in [3.05, 3.63) is 59.7 Å². The van der Waals surface area contributed by atoms with Crippen molar-refractivity contribution in [3.63, 3.8) is 0 Å². The molecule has 0 amide bonds. The molecule has 0 spiro atoms. The van der Waals surface area contributed by atoms with Gasteiger partial charge in [-0.3, -0.25) is 4.79 Å². The van der Waals surface area contributed by atoms with Crippen LogP contribution < -0.4 is 9.47 Å². The average molecular weight is 382 g/mol. The first-order valence-corrected chi connectivity index (χ1v) is 8.45. The van der Waals surface area contributed by atoms with E-state index in [2.05, 4.69) is 0 Å². The number of ether oxygens (including phenoxy) is 3. The molecular formula is C20H21F3O4. The molecule has 0 radical (unpaired) electrons. The molecule has 0 aromatic heterocycles. The van der Waals surface area contributed by atoms with Crippen molar-refractivity contribution in [2.24, 2.45) is 0 Å². The Balaban J connectivity index is 1.77. The normalized spacial score (nSPS) is 11.3. The van der Waals surface area contributed by atoms with E-state index in [0.29, 0.717) is 17.1 Å². The summed E-state index contributed by atoms with van der Waals surface area (Å²) in [5.74, 6) is 0.817. The van der Waals surface area contributed by atoms with Crippen molar-refractivity contribution in [2.45, 2.75) is 39.2 Å². The highest BCUT2D eigenvalue weighted by atomic mass is 19.4. The molecule has 0 aliphatic rings. The molecule has 0 saturated carbocycles. The van der Waals surface area contributed by atoms with Crippen molar-refractivity contribution < 1.29 is 32.2 Å². The number of hydrogen-bond acceptors (Lipinski definition) is 4. The van der Waals surface area contributed by atoms with Crippen molar-refractivity contribution in [2.75, 3.05) is 6.61 Å². The van der Waals surface area contributed by atoms with Crippen molar-refractivity contribution in [1.29, 1.82) is 0 Å². The maximum Gasteiger partial charge on any atom is 0.416 e. The molecule has 27 heavy (non-hydrogen) atoms. The Morgan fingerprint density at radius 1 is 0.926 bits per heavy atom. The summed E-state index contributed by atoms with van der Waals surface area (Å²) >= 11 is 0. The molecular weight excluding hydrogens is 361 g/mol. The zero-order valence-electron chi connectivity index (χ0n) is 15.1. The fourth-order valence-electron chi connectivity index (χ4n) is 2.16. The number of carbonyl (C=O) groups is 1. The summed E-state index contributed by atoms with van der Waals surface area (Å²) in [7, 11) is 0. The van der Waals surface area contributed by atoms with Crippen LogP contribution in [0.25, 0.3) is 0 Å². The highest BCUT2D eigenvalue weighted by Gasteiger charge is 2.29. The lowest BCUT2D eigenvalue weighted by molar-refractivity contribution is -0.148. The van der Waals surface area contributed by atoms with Crippen LogP contribution in [0.5, 0.6) is 11.5 Å². The van der Waals surface area contributed by atoms with E-state index in [1.807, 2.05) is 0 Å². The van der Waals surface area contributed by atoms with Gasteiger partial charge in [-0.1, -0.05) is 12.1 Å². The van der Waals surface area contributed by atoms with E-state index < -0.39 is 11.7 Å². The molecule has 0 N–H and O–H groups in total. The minimum Gasteiger partial charge on any atom is -0.493 e. The zero-order chi connectivity index (χ0) is 19.9. The molecule has 2 aromatic rings. The summed E-state index contributed by atoms with van der Waals surface area (Å²) in [4.78, 5) is 11.4. The van der Waals surface area contributed by atoms with E-state index in [9.17, 15) is 18.0 Å². The molecule has 0 saturated heterocycles. The van der Waals surface area contributed by atoms with Gasteiger partial charge in [-0.15, -0.1) is 0 Å². The predicted molar refractivity (Wildman–Crippen MR) is 93.6 cm³/mol. The van der Waals surface area contributed by atoms with E-state index in [4.69, 9.17) is 14.2 Å². The maximum atomic E-state index is 12.5. The first-order valence-electron chi connectivity index (χ1n) is 8.45.